The smallest absolute Gasteiger partial charge is 0.325 e. The van der Waals surface area contributed by atoms with Crippen molar-refractivity contribution in [3.8, 4) is 5.75 Å². The minimum Gasteiger partial charge on any atom is -0.497 e. The molecule has 0 bridgehead atoms. The SMILES string of the molecule is COc1ccc([C@]2(C)NC(=O)N(CC(=O)Nc3ncn[nH]3)C2=O)cc1. The summed E-state index contributed by atoms with van der Waals surface area (Å²) in [5.74, 6) is -0.322. The molecular formula is C15H16N6O4. The van der Waals surface area contributed by atoms with E-state index in [4.69, 9.17) is 4.74 Å². The Balaban J connectivity index is 1.75. The van der Waals surface area contributed by atoms with Crippen molar-refractivity contribution in [1.29, 1.82) is 0 Å². The maximum atomic E-state index is 12.7. The summed E-state index contributed by atoms with van der Waals surface area (Å²) in [6.45, 7) is 1.15. The van der Waals surface area contributed by atoms with Crippen molar-refractivity contribution in [3.05, 3.63) is 36.2 Å². The first-order valence-corrected chi connectivity index (χ1v) is 7.38. The normalized spacial score (nSPS) is 19.7. The molecule has 0 spiro atoms. The summed E-state index contributed by atoms with van der Waals surface area (Å²) in [4.78, 5) is 41.5. The summed E-state index contributed by atoms with van der Waals surface area (Å²) in [5.41, 5.74) is -0.666. The molecule has 2 heterocycles. The second-order valence-corrected chi connectivity index (χ2v) is 5.56. The fourth-order valence-electron chi connectivity index (χ4n) is 2.54. The molecule has 3 N–H and O–H groups in total. The lowest BCUT2D eigenvalue weighted by Crippen LogP contribution is -2.42. The quantitative estimate of drug-likeness (QED) is 0.665. The van der Waals surface area contributed by atoms with Crippen molar-refractivity contribution in [2.45, 2.75) is 12.5 Å². The van der Waals surface area contributed by atoms with E-state index in [0.29, 0.717) is 11.3 Å². The number of H-pyrrole nitrogens is 1. The van der Waals surface area contributed by atoms with Crippen LogP contribution in [0.1, 0.15) is 12.5 Å². The summed E-state index contributed by atoms with van der Waals surface area (Å²) in [5, 5.41) is 11.1. The van der Waals surface area contributed by atoms with Crippen molar-refractivity contribution in [3.63, 3.8) is 0 Å². The number of carbonyl (C=O) groups is 3. The number of methoxy groups -OCH3 is 1. The summed E-state index contributed by atoms with van der Waals surface area (Å²) in [7, 11) is 1.54. The Morgan fingerprint density at radius 3 is 2.64 bits per heavy atom. The predicted molar refractivity (Wildman–Crippen MR) is 85.6 cm³/mol. The van der Waals surface area contributed by atoms with Gasteiger partial charge in [0.1, 0.15) is 24.2 Å². The number of urea groups is 1. The van der Waals surface area contributed by atoms with E-state index in [0.717, 1.165) is 4.90 Å². The Morgan fingerprint density at radius 2 is 2.04 bits per heavy atom. The Labute approximate surface area is 142 Å². The van der Waals surface area contributed by atoms with Crippen LogP contribution in [0.3, 0.4) is 0 Å². The number of aromatic amines is 1. The zero-order valence-corrected chi connectivity index (χ0v) is 13.6. The van der Waals surface area contributed by atoms with Crippen LogP contribution in [0, 0.1) is 0 Å². The number of rotatable bonds is 5. The Morgan fingerprint density at radius 1 is 1.32 bits per heavy atom. The number of hydrogen-bond donors (Lipinski definition) is 3. The molecule has 130 valence electrons. The van der Waals surface area contributed by atoms with Gasteiger partial charge in [0.05, 0.1) is 7.11 Å². The number of benzene rings is 1. The Bertz CT molecular complexity index is 804. The molecule has 1 aliphatic rings. The molecule has 25 heavy (non-hydrogen) atoms. The van der Waals surface area contributed by atoms with Crippen LogP contribution in [0.15, 0.2) is 30.6 Å². The molecule has 4 amide bonds. The molecule has 1 saturated heterocycles. The van der Waals surface area contributed by atoms with Gasteiger partial charge in [-0.1, -0.05) is 12.1 Å². The monoisotopic (exact) mass is 344 g/mol. The van der Waals surface area contributed by atoms with Gasteiger partial charge in [0.2, 0.25) is 11.9 Å². The molecular weight excluding hydrogens is 328 g/mol. The fraction of sp³-hybridized carbons (Fsp3) is 0.267. The average molecular weight is 344 g/mol. The predicted octanol–water partition coefficient (Wildman–Crippen LogP) is 0.219. The standard InChI is InChI=1S/C15H16N6O4/c1-15(9-3-5-10(25-2)6-4-9)12(23)21(14(24)19-15)7-11(22)18-13-16-8-17-20-13/h3-6,8H,7H2,1-2H3,(H,19,24)(H2,16,17,18,20,22)/t15-/m0/s1. The first-order valence-electron chi connectivity index (χ1n) is 7.38. The number of hydrogen-bond acceptors (Lipinski definition) is 6. The molecule has 10 heteroatoms. The third-order valence-corrected chi connectivity index (χ3v) is 3.92. The average Bonchev–Trinajstić information content (AvgIpc) is 3.18. The molecule has 0 saturated carbocycles. The highest BCUT2D eigenvalue weighted by atomic mass is 16.5. The van der Waals surface area contributed by atoms with Crippen molar-refractivity contribution < 1.29 is 19.1 Å². The lowest BCUT2D eigenvalue weighted by atomic mass is 9.92. The van der Waals surface area contributed by atoms with E-state index in [1.54, 1.807) is 31.2 Å². The van der Waals surface area contributed by atoms with E-state index in [-0.39, 0.29) is 5.95 Å². The largest absolute Gasteiger partial charge is 0.497 e. The number of aromatic nitrogens is 3. The molecule has 1 aromatic heterocycles. The first kappa shape index (κ1) is 16.4. The highest BCUT2D eigenvalue weighted by Gasteiger charge is 2.49. The van der Waals surface area contributed by atoms with Crippen molar-refractivity contribution in [2.24, 2.45) is 0 Å². The van der Waals surface area contributed by atoms with Crippen LogP contribution in [0.2, 0.25) is 0 Å². The lowest BCUT2D eigenvalue weighted by molar-refractivity contribution is -0.133. The molecule has 1 fully saturated rings. The molecule has 1 atom stereocenters. The molecule has 0 radical (unpaired) electrons. The van der Waals surface area contributed by atoms with Crippen LogP contribution >= 0.6 is 0 Å². The van der Waals surface area contributed by atoms with E-state index in [1.807, 2.05) is 0 Å². The molecule has 0 unspecified atom stereocenters. The molecule has 0 aliphatic carbocycles. The van der Waals surface area contributed by atoms with Crippen LogP contribution in [0.25, 0.3) is 0 Å². The summed E-state index contributed by atoms with van der Waals surface area (Å²) in [6, 6.07) is 6.12. The Kier molecular flexibility index (Phi) is 4.09. The summed E-state index contributed by atoms with van der Waals surface area (Å²) in [6.07, 6.45) is 1.23. The number of anilines is 1. The van der Waals surface area contributed by atoms with Gasteiger partial charge in [-0.3, -0.25) is 19.8 Å². The van der Waals surface area contributed by atoms with Gasteiger partial charge in [0.25, 0.3) is 5.91 Å². The van der Waals surface area contributed by atoms with Gasteiger partial charge < -0.3 is 10.1 Å². The van der Waals surface area contributed by atoms with Gasteiger partial charge in [-0.15, -0.1) is 0 Å². The van der Waals surface area contributed by atoms with Gasteiger partial charge in [-0.25, -0.2) is 9.89 Å². The number of imide groups is 1. The number of nitrogens with zero attached hydrogens (tertiary/aromatic N) is 3. The molecule has 1 aromatic carbocycles. The third-order valence-electron chi connectivity index (χ3n) is 3.92. The van der Waals surface area contributed by atoms with Gasteiger partial charge in [0.15, 0.2) is 0 Å². The highest BCUT2D eigenvalue weighted by Crippen LogP contribution is 2.29. The lowest BCUT2D eigenvalue weighted by Gasteiger charge is -2.22. The summed E-state index contributed by atoms with van der Waals surface area (Å²) < 4.78 is 5.09. The van der Waals surface area contributed by atoms with Crippen LogP contribution < -0.4 is 15.4 Å². The van der Waals surface area contributed by atoms with E-state index in [9.17, 15) is 14.4 Å². The maximum absolute atomic E-state index is 12.7. The van der Waals surface area contributed by atoms with E-state index < -0.39 is 29.9 Å². The minimum absolute atomic E-state index is 0.134. The van der Waals surface area contributed by atoms with Crippen LogP contribution in [0.4, 0.5) is 10.7 Å². The van der Waals surface area contributed by atoms with Gasteiger partial charge in [0, 0.05) is 0 Å². The second-order valence-electron chi connectivity index (χ2n) is 5.56. The summed E-state index contributed by atoms with van der Waals surface area (Å²) >= 11 is 0. The maximum Gasteiger partial charge on any atom is 0.325 e. The molecule has 10 nitrogen and oxygen atoms in total. The van der Waals surface area contributed by atoms with Crippen LogP contribution in [-0.4, -0.2) is 51.6 Å². The second kappa shape index (κ2) is 6.23. The zero-order chi connectivity index (χ0) is 18.0. The highest BCUT2D eigenvalue weighted by molar-refractivity contribution is 6.10. The van der Waals surface area contributed by atoms with Crippen molar-refractivity contribution in [1.82, 2.24) is 25.4 Å². The molecule has 1 aliphatic heterocycles. The van der Waals surface area contributed by atoms with E-state index >= 15 is 0 Å². The Hall–Kier alpha value is -3.43. The number of ether oxygens (including phenoxy) is 1. The fourth-order valence-corrected chi connectivity index (χ4v) is 2.54. The third kappa shape index (κ3) is 3.01. The van der Waals surface area contributed by atoms with Crippen molar-refractivity contribution >= 4 is 23.8 Å². The van der Waals surface area contributed by atoms with E-state index in [1.165, 1.54) is 13.4 Å². The van der Waals surface area contributed by atoms with Gasteiger partial charge >= 0.3 is 6.03 Å². The van der Waals surface area contributed by atoms with Gasteiger partial charge in [-0.05, 0) is 24.6 Å². The van der Waals surface area contributed by atoms with Crippen LogP contribution in [-0.2, 0) is 15.1 Å². The number of amides is 4. The van der Waals surface area contributed by atoms with E-state index in [2.05, 4.69) is 25.8 Å². The topological polar surface area (TPSA) is 129 Å². The molecule has 2 aromatic rings. The van der Waals surface area contributed by atoms with Crippen molar-refractivity contribution in [2.75, 3.05) is 19.0 Å². The number of carbonyl (C=O) groups excluding carboxylic acids is 3. The zero-order valence-electron chi connectivity index (χ0n) is 13.6. The minimum atomic E-state index is -1.25. The number of nitrogens with one attached hydrogen (secondary N) is 3. The van der Waals surface area contributed by atoms with Gasteiger partial charge in [-0.2, -0.15) is 10.1 Å². The first-order chi connectivity index (χ1) is 11.9. The van der Waals surface area contributed by atoms with Crippen LogP contribution in [0.5, 0.6) is 5.75 Å². The molecule has 3 rings (SSSR count).